The second kappa shape index (κ2) is 3.77. The zero-order valence-electron chi connectivity index (χ0n) is 7.08. The van der Waals surface area contributed by atoms with Crippen LogP contribution in [0.3, 0.4) is 0 Å². The van der Waals surface area contributed by atoms with Gasteiger partial charge < -0.3 is 0 Å². The van der Waals surface area contributed by atoms with Crippen LogP contribution in [0.2, 0.25) is 0 Å². The van der Waals surface area contributed by atoms with Crippen LogP contribution in [0.5, 0.6) is 0 Å². The lowest BCUT2D eigenvalue weighted by Gasteiger charge is -2.15. The first-order valence-corrected chi connectivity index (χ1v) is 5.50. The highest BCUT2D eigenvalue weighted by atomic mass is 32.2. The van der Waals surface area contributed by atoms with Crippen LogP contribution in [-0.2, 0) is 10.2 Å². The summed E-state index contributed by atoms with van der Waals surface area (Å²) in [7, 11) is -3.73. The van der Waals surface area contributed by atoms with Crippen LogP contribution >= 0.6 is 0 Å². The molecule has 3 N–H and O–H groups in total. The van der Waals surface area contributed by atoms with Crippen LogP contribution in [0.1, 0.15) is 25.7 Å². The maximum atomic E-state index is 10.7. The molecule has 1 aliphatic rings. The molecule has 0 aromatic carbocycles. The minimum absolute atomic E-state index is 0.455. The summed E-state index contributed by atoms with van der Waals surface area (Å²) in [5.41, 5.74) is 0.955. The van der Waals surface area contributed by atoms with E-state index in [1.165, 1.54) is 0 Å². The van der Waals surface area contributed by atoms with Crippen molar-refractivity contribution < 1.29 is 8.42 Å². The summed E-state index contributed by atoms with van der Waals surface area (Å²) in [6.45, 7) is 0. The zero-order chi connectivity index (χ0) is 9.90. The Balaban J connectivity index is 2.88. The van der Waals surface area contributed by atoms with E-state index < -0.39 is 10.2 Å². The quantitative estimate of drug-likeness (QED) is 0.664. The first-order chi connectivity index (χ1) is 6.03. The molecule has 0 spiro atoms. The molecule has 1 aliphatic carbocycles. The first-order valence-electron chi connectivity index (χ1n) is 3.95. The Morgan fingerprint density at radius 3 is 2.54 bits per heavy atom. The van der Waals surface area contributed by atoms with Gasteiger partial charge >= 0.3 is 0 Å². The molecule has 72 valence electrons. The molecule has 0 aliphatic heterocycles. The molecule has 0 saturated carbocycles. The predicted molar refractivity (Wildman–Crippen MR) is 47.3 cm³/mol. The highest BCUT2D eigenvalue weighted by molar-refractivity contribution is 7.87. The van der Waals surface area contributed by atoms with Crippen molar-refractivity contribution in [3.63, 3.8) is 0 Å². The molecule has 0 atom stereocenters. The van der Waals surface area contributed by atoms with Crippen molar-refractivity contribution in [3.8, 4) is 6.07 Å². The van der Waals surface area contributed by atoms with Gasteiger partial charge in [-0.25, -0.2) is 5.14 Å². The van der Waals surface area contributed by atoms with Gasteiger partial charge in [-0.3, -0.25) is 4.72 Å². The third-order valence-electron chi connectivity index (χ3n) is 1.87. The second-order valence-electron chi connectivity index (χ2n) is 2.92. The summed E-state index contributed by atoms with van der Waals surface area (Å²) in [5, 5.41) is 13.5. The Morgan fingerprint density at radius 2 is 2.00 bits per heavy atom. The van der Waals surface area contributed by atoms with Crippen molar-refractivity contribution in [3.05, 3.63) is 11.3 Å². The Kier molecular flexibility index (Phi) is 2.90. The zero-order valence-corrected chi connectivity index (χ0v) is 7.89. The van der Waals surface area contributed by atoms with E-state index in [0.717, 1.165) is 12.8 Å². The number of hydrogen-bond acceptors (Lipinski definition) is 3. The molecule has 0 aromatic rings. The number of hydrogen-bond donors (Lipinski definition) is 2. The molecule has 0 aromatic heterocycles. The SMILES string of the molecule is N#CC1=C(NS(N)(=O)=O)CCCC1. The third kappa shape index (κ3) is 3.05. The molecular weight excluding hydrogens is 190 g/mol. The highest BCUT2D eigenvalue weighted by Crippen LogP contribution is 2.22. The Bertz CT molecular complexity index is 364. The van der Waals surface area contributed by atoms with E-state index in [1.54, 1.807) is 0 Å². The van der Waals surface area contributed by atoms with Crippen LogP contribution < -0.4 is 9.86 Å². The first kappa shape index (κ1) is 10.0. The fourth-order valence-corrected chi connectivity index (χ4v) is 1.88. The van der Waals surface area contributed by atoms with E-state index in [1.807, 2.05) is 6.07 Å². The molecule has 1 rings (SSSR count). The van der Waals surface area contributed by atoms with Gasteiger partial charge in [0.05, 0.1) is 6.07 Å². The van der Waals surface area contributed by atoms with Gasteiger partial charge in [0.1, 0.15) is 0 Å². The standard InChI is InChI=1S/C7H11N3O2S/c8-5-6-3-1-2-4-7(6)10-13(9,11)12/h10H,1-4H2,(H2,9,11,12). The molecule has 0 unspecified atom stereocenters. The highest BCUT2D eigenvalue weighted by Gasteiger charge is 2.15. The number of rotatable bonds is 2. The van der Waals surface area contributed by atoms with Crippen LogP contribution in [-0.4, -0.2) is 8.42 Å². The van der Waals surface area contributed by atoms with Crippen LogP contribution in [0.15, 0.2) is 11.3 Å². The maximum Gasteiger partial charge on any atom is 0.296 e. The number of allylic oxidation sites excluding steroid dienone is 2. The average molecular weight is 201 g/mol. The number of nitrogens with two attached hydrogens (primary N) is 1. The van der Waals surface area contributed by atoms with E-state index >= 15 is 0 Å². The van der Waals surface area contributed by atoms with Crippen LogP contribution in [0.25, 0.3) is 0 Å². The molecule has 0 saturated heterocycles. The van der Waals surface area contributed by atoms with E-state index in [4.69, 9.17) is 10.4 Å². The molecule has 0 fully saturated rings. The minimum Gasteiger partial charge on any atom is -0.274 e. The Morgan fingerprint density at radius 1 is 1.38 bits per heavy atom. The van der Waals surface area contributed by atoms with Crippen molar-refractivity contribution in [1.29, 1.82) is 5.26 Å². The number of nitriles is 1. The van der Waals surface area contributed by atoms with Gasteiger partial charge in [0.25, 0.3) is 10.2 Å². The molecule has 13 heavy (non-hydrogen) atoms. The van der Waals surface area contributed by atoms with E-state index in [0.29, 0.717) is 24.1 Å². The van der Waals surface area contributed by atoms with Gasteiger partial charge in [0.15, 0.2) is 0 Å². The fraction of sp³-hybridized carbons (Fsp3) is 0.571. The molecule has 6 heteroatoms. The second-order valence-corrected chi connectivity index (χ2v) is 4.22. The number of nitrogens with zero attached hydrogens (tertiary/aromatic N) is 1. The van der Waals surface area contributed by atoms with Gasteiger partial charge in [-0.1, -0.05) is 0 Å². The molecule has 5 nitrogen and oxygen atoms in total. The van der Waals surface area contributed by atoms with Crippen LogP contribution in [0, 0.1) is 11.3 Å². The van der Waals surface area contributed by atoms with Crippen molar-refractivity contribution in [2.75, 3.05) is 0 Å². The monoisotopic (exact) mass is 201 g/mol. The minimum atomic E-state index is -3.73. The van der Waals surface area contributed by atoms with Gasteiger partial charge in [-0.2, -0.15) is 13.7 Å². The third-order valence-corrected chi connectivity index (χ3v) is 2.40. The molecule has 0 radical (unpaired) electrons. The lowest BCUT2D eigenvalue weighted by Crippen LogP contribution is -2.31. The van der Waals surface area contributed by atoms with Crippen molar-refractivity contribution in [2.24, 2.45) is 5.14 Å². The summed E-state index contributed by atoms with van der Waals surface area (Å²) in [6, 6.07) is 1.97. The number of nitrogens with one attached hydrogen (secondary N) is 1. The predicted octanol–water partition coefficient (Wildman–Crippen LogP) is 0.131. The molecule has 0 heterocycles. The summed E-state index contributed by atoms with van der Waals surface area (Å²) in [5.74, 6) is 0. The van der Waals surface area contributed by atoms with Crippen molar-refractivity contribution in [2.45, 2.75) is 25.7 Å². The lowest BCUT2D eigenvalue weighted by molar-refractivity contribution is 0.582. The van der Waals surface area contributed by atoms with Gasteiger partial charge in [-0.05, 0) is 25.7 Å². The topological polar surface area (TPSA) is 96.0 Å². The van der Waals surface area contributed by atoms with E-state index in [9.17, 15) is 8.42 Å². The normalized spacial score (nSPS) is 18.2. The molecule has 0 bridgehead atoms. The average Bonchev–Trinajstić information content (AvgIpc) is 2.02. The summed E-state index contributed by atoms with van der Waals surface area (Å²) >= 11 is 0. The summed E-state index contributed by atoms with van der Waals surface area (Å²) < 4.78 is 23.5. The van der Waals surface area contributed by atoms with Gasteiger partial charge in [0, 0.05) is 11.3 Å². The summed E-state index contributed by atoms with van der Waals surface area (Å²) in [4.78, 5) is 0. The maximum absolute atomic E-state index is 10.7. The smallest absolute Gasteiger partial charge is 0.274 e. The van der Waals surface area contributed by atoms with E-state index in [2.05, 4.69) is 4.72 Å². The van der Waals surface area contributed by atoms with Gasteiger partial charge in [0.2, 0.25) is 0 Å². The summed E-state index contributed by atoms with van der Waals surface area (Å²) in [6.07, 6.45) is 3.04. The van der Waals surface area contributed by atoms with Crippen molar-refractivity contribution >= 4 is 10.2 Å². The Labute approximate surface area is 77.4 Å². The van der Waals surface area contributed by atoms with Crippen LogP contribution in [0.4, 0.5) is 0 Å². The van der Waals surface area contributed by atoms with Gasteiger partial charge in [-0.15, -0.1) is 0 Å². The van der Waals surface area contributed by atoms with Crippen molar-refractivity contribution in [1.82, 2.24) is 4.72 Å². The largest absolute Gasteiger partial charge is 0.296 e. The molecular formula is C7H11N3O2S. The Hall–Kier alpha value is -1.06. The fourth-order valence-electron chi connectivity index (χ4n) is 1.31. The van der Waals surface area contributed by atoms with E-state index in [-0.39, 0.29) is 0 Å². The lowest BCUT2D eigenvalue weighted by atomic mass is 9.98. The molecule has 0 amide bonds.